The lowest BCUT2D eigenvalue weighted by Gasteiger charge is -2.12. The van der Waals surface area contributed by atoms with Crippen molar-refractivity contribution in [1.82, 2.24) is 10.6 Å². The predicted octanol–water partition coefficient (Wildman–Crippen LogP) is 0.498. The summed E-state index contributed by atoms with van der Waals surface area (Å²) in [5.41, 5.74) is 0. The SMILES string of the molecule is CCNC(=NCC1CCCS1)NCCOCCS(C)(=O)=O. The van der Waals surface area contributed by atoms with Gasteiger partial charge < -0.3 is 15.4 Å². The van der Waals surface area contributed by atoms with Crippen molar-refractivity contribution in [3.63, 3.8) is 0 Å². The minimum Gasteiger partial charge on any atom is -0.379 e. The maximum Gasteiger partial charge on any atom is 0.191 e. The maximum absolute atomic E-state index is 10.9. The molecule has 0 bridgehead atoms. The highest BCUT2D eigenvalue weighted by Crippen LogP contribution is 2.25. The topological polar surface area (TPSA) is 79.8 Å². The fourth-order valence-corrected chi connectivity index (χ4v) is 3.48. The summed E-state index contributed by atoms with van der Waals surface area (Å²) in [4.78, 5) is 4.57. The number of nitrogens with zero attached hydrogens (tertiary/aromatic N) is 1. The van der Waals surface area contributed by atoms with Crippen molar-refractivity contribution in [3.05, 3.63) is 0 Å². The Hall–Kier alpha value is -0.470. The molecule has 124 valence electrons. The van der Waals surface area contributed by atoms with E-state index in [9.17, 15) is 8.42 Å². The van der Waals surface area contributed by atoms with Crippen LogP contribution in [0.25, 0.3) is 0 Å². The first kappa shape index (κ1) is 18.6. The summed E-state index contributed by atoms with van der Waals surface area (Å²) >= 11 is 2.00. The normalized spacial score (nSPS) is 19.7. The third kappa shape index (κ3) is 9.97. The van der Waals surface area contributed by atoms with Crippen LogP contribution in [0, 0.1) is 0 Å². The van der Waals surface area contributed by atoms with Crippen LogP contribution in [0.5, 0.6) is 0 Å². The minimum atomic E-state index is -2.94. The van der Waals surface area contributed by atoms with E-state index in [1.165, 1.54) is 24.9 Å². The van der Waals surface area contributed by atoms with E-state index < -0.39 is 9.84 Å². The monoisotopic (exact) mass is 337 g/mol. The largest absolute Gasteiger partial charge is 0.379 e. The number of rotatable bonds is 9. The zero-order valence-corrected chi connectivity index (χ0v) is 14.6. The average molecular weight is 338 g/mol. The second-order valence-electron chi connectivity index (χ2n) is 5.02. The molecule has 0 saturated carbocycles. The molecule has 1 aliphatic rings. The van der Waals surface area contributed by atoms with Gasteiger partial charge in [-0.05, 0) is 25.5 Å². The molecule has 1 rings (SSSR count). The van der Waals surface area contributed by atoms with Crippen LogP contribution in [0.15, 0.2) is 4.99 Å². The molecule has 0 aromatic carbocycles. The highest BCUT2D eigenvalue weighted by molar-refractivity contribution is 8.00. The second kappa shape index (κ2) is 10.3. The van der Waals surface area contributed by atoms with E-state index >= 15 is 0 Å². The Balaban J connectivity index is 2.16. The summed E-state index contributed by atoms with van der Waals surface area (Å²) < 4.78 is 27.2. The predicted molar refractivity (Wildman–Crippen MR) is 90.0 cm³/mol. The Labute approximate surface area is 132 Å². The van der Waals surface area contributed by atoms with Crippen LogP contribution in [0.4, 0.5) is 0 Å². The first-order valence-electron chi connectivity index (χ1n) is 7.40. The third-order valence-electron chi connectivity index (χ3n) is 2.96. The molecule has 0 aliphatic carbocycles. The highest BCUT2D eigenvalue weighted by atomic mass is 32.2. The highest BCUT2D eigenvalue weighted by Gasteiger charge is 2.14. The molecule has 0 spiro atoms. The number of ether oxygens (including phenoxy) is 1. The van der Waals surface area contributed by atoms with Gasteiger partial charge in [0.25, 0.3) is 0 Å². The zero-order valence-electron chi connectivity index (χ0n) is 12.9. The molecule has 1 fully saturated rings. The van der Waals surface area contributed by atoms with Gasteiger partial charge in [0.2, 0.25) is 0 Å². The van der Waals surface area contributed by atoms with Crippen LogP contribution in [0.2, 0.25) is 0 Å². The number of hydrogen-bond donors (Lipinski definition) is 2. The van der Waals surface area contributed by atoms with Gasteiger partial charge in [-0.1, -0.05) is 0 Å². The van der Waals surface area contributed by atoms with Gasteiger partial charge in [-0.25, -0.2) is 8.42 Å². The summed E-state index contributed by atoms with van der Waals surface area (Å²) in [7, 11) is -2.94. The van der Waals surface area contributed by atoms with Crippen LogP contribution >= 0.6 is 11.8 Å². The molecule has 0 radical (unpaired) electrons. The van der Waals surface area contributed by atoms with Gasteiger partial charge in [-0.3, -0.25) is 4.99 Å². The third-order valence-corrected chi connectivity index (χ3v) is 5.25. The molecule has 1 unspecified atom stereocenters. The van der Waals surface area contributed by atoms with Gasteiger partial charge in [0.15, 0.2) is 5.96 Å². The van der Waals surface area contributed by atoms with E-state index in [0.29, 0.717) is 18.4 Å². The van der Waals surface area contributed by atoms with E-state index in [2.05, 4.69) is 15.6 Å². The number of hydrogen-bond acceptors (Lipinski definition) is 5. The fraction of sp³-hybridized carbons (Fsp3) is 0.923. The van der Waals surface area contributed by atoms with Crippen molar-refractivity contribution in [2.75, 3.05) is 50.6 Å². The first-order valence-corrected chi connectivity index (χ1v) is 10.5. The van der Waals surface area contributed by atoms with Crippen LogP contribution in [0.1, 0.15) is 19.8 Å². The molecule has 1 aliphatic heterocycles. The zero-order chi connectivity index (χ0) is 15.6. The molecule has 21 heavy (non-hydrogen) atoms. The van der Waals surface area contributed by atoms with Crippen molar-refractivity contribution >= 4 is 27.6 Å². The molecule has 1 atom stereocenters. The molecule has 2 N–H and O–H groups in total. The van der Waals surface area contributed by atoms with E-state index in [4.69, 9.17) is 4.74 Å². The lowest BCUT2D eigenvalue weighted by molar-refractivity contribution is 0.154. The van der Waals surface area contributed by atoms with Crippen LogP contribution in [-0.4, -0.2) is 70.2 Å². The van der Waals surface area contributed by atoms with Crippen LogP contribution in [0.3, 0.4) is 0 Å². The Morgan fingerprint density at radius 1 is 1.38 bits per heavy atom. The molecular weight excluding hydrogens is 310 g/mol. The lowest BCUT2D eigenvalue weighted by Crippen LogP contribution is -2.39. The molecule has 0 aromatic heterocycles. The first-order chi connectivity index (χ1) is 10.0. The minimum absolute atomic E-state index is 0.0695. The molecule has 0 amide bonds. The number of guanidine groups is 1. The quantitative estimate of drug-likeness (QED) is 0.362. The Kier molecular flexibility index (Phi) is 9.10. The Morgan fingerprint density at radius 3 is 2.81 bits per heavy atom. The summed E-state index contributed by atoms with van der Waals surface area (Å²) in [6, 6.07) is 0. The Morgan fingerprint density at radius 2 is 2.19 bits per heavy atom. The molecule has 8 heteroatoms. The number of nitrogens with one attached hydrogen (secondary N) is 2. The molecule has 1 heterocycles. The molecule has 6 nitrogen and oxygen atoms in total. The average Bonchev–Trinajstić information content (AvgIpc) is 2.91. The fourth-order valence-electron chi connectivity index (χ4n) is 1.88. The van der Waals surface area contributed by atoms with Gasteiger partial charge in [0.05, 0.1) is 25.5 Å². The van der Waals surface area contributed by atoms with E-state index in [1.54, 1.807) is 0 Å². The number of aliphatic imine (C=N–C) groups is 1. The van der Waals surface area contributed by atoms with Crippen LogP contribution in [-0.2, 0) is 14.6 Å². The van der Waals surface area contributed by atoms with Crippen molar-refractivity contribution in [2.45, 2.75) is 25.0 Å². The lowest BCUT2D eigenvalue weighted by atomic mass is 10.2. The number of sulfone groups is 1. The molecular formula is C13H27N3O3S2. The molecule has 1 saturated heterocycles. The Bertz CT molecular complexity index is 407. The summed E-state index contributed by atoms with van der Waals surface area (Å²) in [5.74, 6) is 2.12. The molecule has 0 aromatic rings. The summed E-state index contributed by atoms with van der Waals surface area (Å²) in [6.07, 6.45) is 3.76. The smallest absolute Gasteiger partial charge is 0.191 e. The standard InChI is InChI=1S/C13H27N3O3S2/c1-3-14-13(16-11-12-5-4-9-20-12)15-6-7-19-8-10-21(2,17)18/h12H,3-11H2,1-2H3,(H2,14,15,16). The van der Waals surface area contributed by atoms with Crippen LogP contribution < -0.4 is 10.6 Å². The van der Waals surface area contributed by atoms with Crippen molar-refractivity contribution < 1.29 is 13.2 Å². The van der Waals surface area contributed by atoms with Crippen molar-refractivity contribution in [3.8, 4) is 0 Å². The van der Waals surface area contributed by atoms with Gasteiger partial charge in [-0.15, -0.1) is 0 Å². The maximum atomic E-state index is 10.9. The van der Waals surface area contributed by atoms with E-state index in [0.717, 1.165) is 19.0 Å². The van der Waals surface area contributed by atoms with E-state index in [-0.39, 0.29) is 12.4 Å². The summed E-state index contributed by atoms with van der Waals surface area (Å²) in [5, 5.41) is 7.04. The van der Waals surface area contributed by atoms with Gasteiger partial charge in [0.1, 0.15) is 9.84 Å². The summed E-state index contributed by atoms with van der Waals surface area (Å²) in [6.45, 7) is 5.02. The number of thioether (sulfide) groups is 1. The van der Waals surface area contributed by atoms with E-state index in [1.807, 2.05) is 18.7 Å². The van der Waals surface area contributed by atoms with Gasteiger partial charge >= 0.3 is 0 Å². The van der Waals surface area contributed by atoms with Gasteiger partial charge in [-0.2, -0.15) is 11.8 Å². The van der Waals surface area contributed by atoms with Gasteiger partial charge in [0, 0.05) is 24.6 Å². The van der Waals surface area contributed by atoms with Crippen molar-refractivity contribution in [1.29, 1.82) is 0 Å². The van der Waals surface area contributed by atoms with Crippen molar-refractivity contribution in [2.24, 2.45) is 4.99 Å². The second-order valence-corrected chi connectivity index (χ2v) is 8.69.